The predicted molar refractivity (Wildman–Crippen MR) is 71.2 cm³/mol. The zero-order valence-corrected chi connectivity index (χ0v) is 11.7. The van der Waals surface area contributed by atoms with Crippen LogP contribution in [0.25, 0.3) is 0 Å². The molecule has 2 aromatic rings. The average molecular weight is 320 g/mol. The molecule has 2 rings (SSSR count). The Morgan fingerprint density at radius 3 is 2.62 bits per heavy atom. The molecule has 84 valence electrons. The largest absolute Gasteiger partial charge is 0.205 e. The van der Waals surface area contributed by atoms with Gasteiger partial charge >= 0.3 is 0 Å². The zero-order chi connectivity index (χ0) is 11.7. The predicted octanol–water partition coefficient (Wildman–Crippen LogP) is 5.33. The van der Waals surface area contributed by atoms with Crippen LogP contribution in [-0.4, -0.2) is 0 Å². The third-order valence-electron chi connectivity index (χ3n) is 2.25. The van der Waals surface area contributed by atoms with Gasteiger partial charge < -0.3 is 0 Å². The van der Waals surface area contributed by atoms with Crippen LogP contribution in [0.5, 0.6) is 0 Å². The molecule has 1 unspecified atom stereocenters. The molecule has 0 spiro atoms. The molecule has 0 aliphatic carbocycles. The van der Waals surface area contributed by atoms with Crippen LogP contribution in [0.15, 0.2) is 30.3 Å². The van der Waals surface area contributed by atoms with Crippen molar-refractivity contribution >= 4 is 38.9 Å². The van der Waals surface area contributed by atoms with Crippen LogP contribution in [0.3, 0.4) is 0 Å². The second-order valence-corrected chi connectivity index (χ2v) is 6.13. The highest BCUT2D eigenvalue weighted by Gasteiger charge is 2.13. The minimum absolute atomic E-state index is 0.0734. The first-order chi connectivity index (χ1) is 7.58. The molecule has 0 aliphatic rings. The lowest BCUT2D eigenvalue weighted by Gasteiger charge is -2.08. The molecule has 0 bridgehead atoms. The first-order valence-corrected chi connectivity index (χ1v) is 6.84. The van der Waals surface area contributed by atoms with Gasteiger partial charge in [-0.2, -0.15) is 0 Å². The Labute approximate surface area is 111 Å². The highest BCUT2D eigenvalue weighted by molar-refractivity contribution is 9.09. The third kappa shape index (κ3) is 2.47. The summed E-state index contributed by atoms with van der Waals surface area (Å²) in [6, 6.07) is 8.93. The second-order valence-electron chi connectivity index (χ2n) is 3.48. The van der Waals surface area contributed by atoms with E-state index in [2.05, 4.69) is 35.0 Å². The van der Waals surface area contributed by atoms with Gasteiger partial charge in [0.2, 0.25) is 0 Å². The summed E-state index contributed by atoms with van der Waals surface area (Å²) in [5.74, 6) is -0.382. The molecule has 1 aromatic heterocycles. The Morgan fingerprint density at radius 2 is 2.06 bits per heavy atom. The molecule has 1 heterocycles. The van der Waals surface area contributed by atoms with E-state index < -0.39 is 0 Å². The molecule has 0 fully saturated rings. The number of aryl methyl sites for hydroxylation is 1. The van der Waals surface area contributed by atoms with Crippen LogP contribution >= 0.6 is 38.9 Å². The van der Waals surface area contributed by atoms with Gasteiger partial charge in [-0.05, 0) is 36.8 Å². The minimum Gasteiger partial charge on any atom is -0.205 e. The van der Waals surface area contributed by atoms with Crippen LogP contribution in [0, 0.1) is 12.7 Å². The Morgan fingerprint density at radius 1 is 1.31 bits per heavy atom. The topological polar surface area (TPSA) is 0 Å². The lowest BCUT2D eigenvalue weighted by Crippen LogP contribution is -1.90. The number of alkyl halides is 1. The number of hydrogen-bond donors (Lipinski definition) is 0. The molecule has 1 aromatic carbocycles. The van der Waals surface area contributed by atoms with E-state index in [1.807, 2.05) is 0 Å². The summed E-state index contributed by atoms with van der Waals surface area (Å²) in [7, 11) is 0. The fraction of sp³-hybridized carbons (Fsp3) is 0.167. The Kier molecular flexibility index (Phi) is 3.67. The van der Waals surface area contributed by atoms with E-state index in [0.29, 0.717) is 0 Å². The van der Waals surface area contributed by atoms with Crippen LogP contribution in [0.1, 0.15) is 20.1 Å². The van der Waals surface area contributed by atoms with Gasteiger partial charge in [0.1, 0.15) is 5.82 Å². The highest BCUT2D eigenvalue weighted by Crippen LogP contribution is 2.36. The molecular weight excluding hydrogens is 311 g/mol. The third-order valence-corrected chi connectivity index (χ3v) is 4.93. The molecule has 0 aliphatic heterocycles. The molecule has 0 saturated heterocycles. The summed E-state index contributed by atoms with van der Waals surface area (Å²) in [5.41, 5.74) is 0.966. The van der Waals surface area contributed by atoms with E-state index in [1.165, 1.54) is 15.8 Å². The van der Waals surface area contributed by atoms with E-state index in [9.17, 15) is 4.39 Å². The number of hydrogen-bond acceptors (Lipinski definition) is 1. The van der Waals surface area contributed by atoms with Gasteiger partial charge in [0.25, 0.3) is 0 Å². The van der Waals surface area contributed by atoms with Gasteiger partial charge in [-0.15, -0.1) is 11.3 Å². The van der Waals surface area contributed by atoms with Crippen molar-refractivity contribution in [1.82, 2.24) is 0 Å². The van der Waals surface area contributed by atoms with E-state index >= 15 is 0 Å². The minimum atomic E-state index is -0.382. The summed E-state index contributed by atoms with van der Waals surface area (Å²) in [6.45, 7) is 2.06. The van der Waals surface area contributed by atoms with Gasteiger partial charge in [-0.1, -0.05) is 33.6 Å². The van der Waals surface area contributed by atoms with Gasteiger partial charge in [-0.25, -0.2) is 4.39 Å². The average Bonchev–Trinajstić information content (AvgIpc) is 2.68. The molecule has 0 nitrogen and oxygen atoms in total. The van der Waals surface area contributed by atoms with Crippen molar-refractivity contribution < 1.29 is 4.39 Å². The van der Waals surface area contributed by atoms with E-state index in [4.69, 9.17) is 11.6 Å². The summed E-state index contributed by atoms with van der Waals surface area (Å²) in [6.07, 6.45) is 0. The van der Waals surface area contributed by atoms with Gasteiger partial charge in [0.15, 0.2) is 0 Å². The SMILES string of the molecule is Cc1ccc(C(Br)c2ccc(F)c(Cl)c2)s1. The summed E-state index contributed by atoms with van der Waals surface area (Å²) in [4.78, 5) is 2.53. The van der Waals surface area contributed by atoms with Gasteiger partial charge in [-0.3, -0.25) is 0 Å². The number of rotatable bonds is 2. The van der Waals surface area contributed by atoms with Crippen molar-refractivity contribution in [3.8, 4) is 0 Å². The molecule has 16 heavy (non-hydrogen) atoms. The maximum absolute atomic E-state index is 13.0. The van der Waals surface area contributed by atoms with E-state index in [-0.39, 0.29) is 15.7 Å². The fourth-order valence-corrected chi connectivity index (χ4v) is 3.21. The summed E-state index contributed by atoms with van der Waals surface area (Å²) < 4.78 is 13.0. The zero-order valence-electron chi connectivity index (χ0n) is 8.51. The number of thiophene rings is 1. The smallest absolute Gasteiger partial charge is 0.141 e. The fourth-order valence-electron chi connectivity index (χ4n) is 1.42. The van der Waals surface area contributed by atoms with Crippen molar-refractivity contribution in [2.24, 2.45) is 0 Å². The normalized spacial score (nSPS) is 12.8. The molecule has 0 N–H and O–H groups in total. The van der Waals surface area contributed by atoms with Crippen LogP contribution < -0.4 is 0 Å². The Balaban J connectivity index is 2.33. The van der Waals surface area contributed by atoms with Crippen LogP contribution in [0.2, 0.25) is 5.02 Å². The first kappa shape index (κ1) is 12.1. The summed E-state index contributed by atoms with van der Waals surface area (Å²) in [5, 5.41) is 0.162. The lowest BCUT2D eigenvalue weighted by molar-refractivity contribution is 0.627. The number of benzene rings is 1. The highest BCUT2D eigenvalue weighted by atomic mass is 79.9. The standard InChI is InChI=1S/C12H9BrClFS/c1-7-2-5-11(16-7)12(13)8-3-4-10(15)9(14)6-8/h2-6,12H,1H3. The van der Waals surface area contributed by atoms with Crippen molar-refractivity contribution in [3.63, 3.8) is 0 Å². The molecule has 1 atom stereocenters. The molecular formula is C12H9BrClFS. The maximum atomic E-state index is 13.0. The van der Waals surface area contributed by atoms with Gasteiger partial charge in [0, 0.05) is 9.75 Å². The van der Waals surface area contributed by atoms with Crippen LogP contribution in [0.4, 0.5) is 4.39 Å². The first-order valence-electron chi connectivity index (χ1n) is 4.73. The lowest BCUT2D eigenvalue weighted by atomic mass is 10.1. The molecule has 4 heteroatoms. The van der Waals surface area contributed by atoms with E-state index in [0.717, 1.165) is 5.56 Å². The Hall–Kier alpha value is -0.380. The van der Waals surface area contributed by atoms with Gasteiger partial charge in [0.05, 0.1) is 9.85 Å². The van der Waals surface area contributed by atoms with Crippen molar-refractivity contribution in [2.45, 2.75) is 11.8 Å². The van der Waals surface area contributed by atoms with E-state index in [1.54, 1.807) is 23.5 Å². The van der Waals surface area contributed by atoms with Crippen LogP contribution in [-0.2, 0) is 0 Å². The quantitative estimate of drug-likeness (QED) is 0.656. The van der Waals surface area contributed by atoms with Crippen molar-refractivity contribution in [1.29, 1.82) is 0 Å². The van der Waals surface area contributed by atoms with Crippen molar-refractivity contribution in [3.05, 3.63) is 56.5 Å². The number of halogens is 3. The van der Waals surface area contributed by atoms with Crippen molar-refractivity contribution in [2.75, 3.05) is 0 Å². The molecule has 0 amide bonds. The molecule has 0 radical (unpaired) electrons. The molecule has 0 saturated carbocycles. The monoisotopic (exact) mass is 318 g/mol. The second kappa shape index (κ2) is 4.86. The summed E-state index contributed by atoms with van der Waals surface area (Å²) >= 11 is 11.1. The maximum Gasteiger partial charge on any atom is 0.141 e. The Bertz CT molecular complexity index is 509.